The molecule has 108 valence electrons. The number of hydrogen-bond donors (Lipinski definition) is 0. The van der Waals surface area contributed by atoms with Gasteiger partial charge in [0.2, 0.25) is 0 Å². The van der Waals surface area contributed by atoms with E-state index in [1.54, 1.807) is 6.20 Å². The van der Waals surface area contributed by atoms with Crippen molar-refractivity contribution in [3.05, 3.63) is 53.7 Å². The SMILES string of the molecule is Cc1ccc2nc(CCCl)n(C(C)c3cccnc3)c2n1. The summed E-state index contributed by atoms with van der Waals surface area (Å²) in [5.74, 6) is 1.51. The Labute approximate surface area is 128 Å². The van der Waals surface area contributed by atoms with Crippen molar-refractivity contribution < 1.29 is 0 Å². The topological polar surface area (TPSA) is 43.6 Å². The molecule has 0 radical (unpaired) electrons. The monoisotopic (exact) mass is 300 g/mol. The van der Waals surface area contributed by atoms with Crippen LogP contribution in [-0.4, -0.2) is 25.4 Å². The maximum atomic E-state index is 5.93. The van der Waals surface area contributed by atoms with Crippen LogP contribution in [-0.2, 0) is 6.42 Å². The van der Waals surface area contributed by atoms with Gasteiger partial charge in [-0.3, -0.25) is 4.98 Å². The number of aryl methyl sites for hydroxylation is 2. The number of alkyl halides is 1. The van der Waals surface area contributed by atoms with Gasteiger partial charge in [-0.05, 0) is 37.6 Å². The van der Waals surface area contributed by atoms with E-state index < -0.39 is 0 Å². The number of imidazole rings is 1. The Hall–Kier alpha value is -1.94. The van der Waals surface area contributed by atoms with Crippen LogP contribution in [0.5, 0.6) is 0 Å². The van der Waals surface area contributed by atoms with Gasteiger partial charge in [0, 0.05) is 30.4 Å². The molecule has 21 heavy (non-hydrogen) atoms. The highest BCUT2D eigenvalue weighted by Gasteiger charge is 2.18. The fourth-order valence-corrected chi connectivity index (χ4v) is 2.72. The van der Waals surface area contributed by atoms with Crippen LogP contribution >= 0.6 is 11.6 Å². The summed E-state index contributed by atoms with van der Waals surface area (Å²) in [4.78, 5) is 13.6. The molecular weight excluding hydrogens is 284 g/mol. The molecule has 4 nitrogen and oxygen atoms in total. The zero-order valence-corrected chi connectivity index (χ0v) is 12.9. The second-order valence-electron chi connectivity index (χ2n) is 5.09. The summed E-state index contributed by atoms with van der Waals surface area (Å²) < 4.78 is 2.17. The van der Waals surface area contributed by atoms with E-state index in [2.05, 4.69) is 32.5 Å². The van der Waals surface area contributed by atoms with Gasteiger partial charge in [0.25, 0.3) is 0 Å². The minimum Gasteiger partial charge on any atom is -0.305 e. The van der Waals surface area contributed by atoms with E-state index >= 15 is 0 Å². The van der Waals surface area contributed by atoms with Gasteiger partial charge in [-0.1, -0.05) is 6.07 Å². The Balaban J connectivity index is 2.18. The molecule has 3 rings (SSSR count). The Morgan fingerprint density at radius 2 is 2.10 bits per heavy atom. The molecule has 1 unspecified atom stereocenters. The summed E-state index contributed by atoms with van der Waals surface area (Å²) in [6.07, 6.45) is 4.39. The van der Waals surface area contributed by atoms with E-state index in [0.29, 0.717) is 5.88 Å². The fourth-order valence-electron chi connectivity index (χ4n) is 2.56. The second-order valence-corrected chi connectivity index (χ2v) is 5.47. The highest BCUT2D eigenvalue weighted by atomic mass is 35.5. The average Bonchev–Trinajstić information content (AvgIpc) is 2.85. The van der Waals surface area contributed by atoms with E-state index in [4.69, 9.17) is 11.6 Å². The van der Waals surface area contributed by atoms with Crippen LogP contribution < -0.4 is 0 Å². The first kappa shape index (κ1) is 14.0. The highest BCUT2D eigenvalue weighted by Crippen LogP contribution is 2.25. The summed E-state index contributed by atoms with van der Waals surface area (Å²) in [5.41, 5.74) is 3.94. The van der Waals surface area contributed by atoms with Crippen LogP contribution in [0.25, 0.3) is 11.2 Å². The predicted molar refractivity (Wildman–Crippen MR) is 84.7 cm³/mol. The van der Waals surface area contributed by atoms with Crippen molar-refractivity contribution in [3.63, 3.8) is 0 Å². The molecule has 0 aliphatic carbocycles. The molecule has 0 aliphatic heterocycles. The van der Waals surface area contributed by atoms with Gasteiger partial charge in [0.1, 0.15) is 11.3 Å². The first-order chi connectivity index (χ1) is 10.2. The summed E-state index contributed by atoms with van der Waals surface area (Å²) in [7, 11) is 0. The van der Waals surface area contributed by atoms with Gasteiger partial charge in [-0.15, -0.1) is 11.6 Å². The number of nitrogens with zero attached hydrogens (tertiary/aromatic N) is 4. The average molecular weight is 301 g/mol. The minimum absolute atomic E-state index is 0.121. The molecule has 3 aromatic rings. The van der Waals surface area contributed by atoms with Crippen LogP contribution in [0.2, 0.25) is 0 Å². The van der Waals surface area contributed by atoms with Crippen molar-refractivity contribution in [2.24, 2.45) is 0 Å². The van der Waals surface area contributed by atoms with Crippen molar-refractivity contribution in [3.8, 4) is 0 Å². The van der Waals surface area contributed by atoms with E-state index in [1.807, 2.05) is 31.3 Å². The molecule has 1 atom stereocenters. The van der Waals surface area contributed by atoms with Crippen LogP contribution in [0, 0.1) is 6.92 Å². The molecule has 0 saturated heterocycles. The molecule has 3 heterocycles. The van der Waals surface area contributed by atoms with Crippen LogP contribution in [0.3, 0.4) is 0 Å². The molecule has 0 aliphatic rings. The third-order valence-corrected chi connectivity index (χ3v) is 3.81. The van der Waals surface area contributed by atoms with Gasteiger partial charge in [0.05, 0.1) is 6.04 Å². The summed E-state index contributed by atoms with van der Waals surface area (Å²) >= 11 is 5.93. The molecule has 0 amide bonds. The van der Waals surface area contributed by atoms with Gasteiger partial charge >= 0.3 is 0 Å². The molecule has 3 aromatic heterocycles. The molecular formula is C16H17ClN4. The number of halogens is 1. The largest absolute Gasteiger partial charge is 0.305 e. The smallest absolute Gasteiger partial charge is 0.160 e. The summed E-state index contributed by atoms with van der Waals surface area (Å²) in [6, 6.07) is 8.14. The lowest BCUT2D eigenvalue weighted by atomic mass is 10.1. The van der Waals surface area contributed by atoms with Crippen molar-refractivity contribution in [1.29, 1.82) is 0 Å². The van der Waals surface area contributed by atoms with E-state index in [-0.39, 0.29) is 6.04 Å². The van der Waals surface area contributed by atoms with Gasteiger partial charge < -0.3 is 4.57 Å². The third-order valence-electron chi connectivity index (χ3n) is 3.62. The number of hydrogen-bond acceptors (Lipinski definition) is 3. The first-order valence-corrected chi connectivity index (χ1v) is 7.54. The number of rotatable bonds is 4. The maximum absolute atomic E-state index is 5.93. The van der Waals surface area contributed by atoms with Crippen molar-refractivity contribution >= 4 is 22.8 Å². The normalized spacial score (nSPS) is 12.7. The van der Waals surface area contributed by atoms with Crippen molar-refractivity contribution in [1.82, 2.24) is 19.5 Å². The Kier molecular flexibility index (Phi) is 3.88. The summed E-state index contributed by atoms with van der Waals surface area (Å²) in [6.45, 7) is 4.13. The lowest BCUT2D eigenvalue weighted by Crippen LogP contribution is -2.12. The lowest BCUT2D eigenvalue weighted by molar-refractivity contribution is 0.616. The molecule has 0 bridgehead atoms. The highest BCUT2D eigenvalue weighted by molar-refractivity contribution is 6.17. The maximum Gasteiger partial charge on any atom is 0.160 e. The van der Waals surface area contributed by atoms with Gasteiger partial charge in [-0.25, -0.2) is 9.97 Å². The van der Waals surface area contributed by atoms with Gasteiger partial charge in [0.15, 0.2) is 5.65 Å². The van der Waals surface area contributed by atoms with Crippen LogP contribution in [0.15, 0.2) is 36.7 Å². The van der Waals surface area contributed by atoms with Gasteiger partial charge in [-0.2, -0.15) is 0 Å². The zero-order chi connectivity index (χ0) is 14.8. The quantitative estimate of drug-likeness (QED) is 0.692. The number of pyridine rings is 2. The zero-order valence-electron chi connectivity index (χ0n) is 12.1. The summed E-state index contributed by atoms with van der Waals surface area (Å²) in [5, 5.41) is 0. The van der Waals surface area contributed by atoms with Crippen LogP contribution in [0.4, 0.5) is 0 Å². The fraction of sp³-hybridized carbons (Fsp3) is 0.312. The number of fused-ring (bicyclic) bond motifs is 1. The van der Waals surface area contributed by atoms with E-state index in [9.17, 15) is 0 Å². The number of aromatic nitrogens is 4. The molecule has 0 fully saturated rings. The minimum atomic E-state index is 0.121. The second kappa shape index (κ2) is 5.82. The van der Waals surface area contributed by atoms with Crippen LogP contribution in [0.1, 0.15) is 30.0 Å². The predicted octanol–water partition coefficient (Wildman–Crippen LogP) is 3.53. The molecule has 0 spiro atoms. The molecule has 5 heteroatoms. The molecule has 0 saturated carbocycles. The van der Waals surface area contributed by atoms with Crippen molar-refractivity contribution in [2.45, 2.75) is 26.3 Å². The van der Waals surface area contributed by atoms with Crippen molar-refractivity contribution in [2.75, 3.05) is 5.88 Å². The lowest BCUT2D eigenvalue weighted by Gasteiger charge is -2.17. The molecule has 0 N–H and O–H groups in total. The Bertz CT molecular complexity index is 752. The van der Waals surface area contributed by atoms with E-state index in [0.717, 1.165) is 34.7 Å². The Morgan fingerprint density at radius 3 is 2.81 bits per heavy atom. The first-order valence-electron chi connectivity index (χ1n) is 7.01. The third kappa shape index (κ3) is 2.63. The molecule has 0 aromatic carbocycles. The van der Waals surface area contributed by atoms with E-state index in [1.165, 1.54) is 0 Å². The Morgan fingerprint density at radius 1 is 1.24 bits per heavy atom. The standard InChI is InChI=1S/C16H17ClN4/c1-11-5-6-14-16(19-11)21(15(20-14)7-8-17)12(2)13-4-3-9-18-10-13/h3-6,9-10,12H,7-8H2,1-2H3.